The first-order valence-corrected chi connectivity index (χ1v) is 8.07. The average Bonchev–Trinajstić information content (AvgIpc) is 2.67. The molecule has 0 radical (unpaired) electrons. The second kappa shape index (κ2) is 6.33. The number of anilines is 3. The summed E-state index contributed by atoms with van der Waals surface area (Å²) in [5.41, 5.74) is 14.5. The number of hydrogen-bond acceptors (Lipinski definition) is 3. The van der Waals surface area contributed by atoms with Crippen molar-refractivity contribution in [3.8, 4) is 5.75 Å². The molecule has 6 heteroatoms. The van der Waals surface area contributed by atoms with Crippen molar-refractivity contribution >= 4 is 34.4 Å². The first-order valence-electron chi connectivity index (χ1n) is 8.07. The first kappa shape index (κ1) is 15.8. The number of aliphatic carboxylic acids is 1. The number of para-hydroxylation sites is 4. The molecule has 26 heavy (non-hydrogen) atoms. The summed E-state index contributed by atoms with van der Waals surface area (Å²) in [5.74, 6) is -0.533. The minimum atomic E-state index is -1.02. The van der Waals surface area contributed by atoms with Crippen molar-refractivity contribution < 1.29 is 14.6 Å². The number of carbonyl (C=O) groups is 1. The molecule has 0 aliphatic carbocycles. The Bertz CT molecular complexity index is 950. The van der Waals surface area contributed by atoms with Crippen molar-refractivity contribution in [1.82, 2.24) is 4.70 Å². The minimum absolute atomic E-state index is 0.381. The monoisotopic (exact) mass is 345 g/mol. The Morgan fingerprint density at radius 2 is 1.46 bits per heavy atom. The van der Waals surface area contributed by atoms with E-state index in [1.165, 1.54) is 4.70 Å². The van der Waals surface area contributed by atoms with Crippen LogP contribution in [0.5, 0.6) is 5.75 Å². The zero-order valence-electron chi connectivity index (χ0n) is 13.7. The Balaban J connectivity index is 1.78. The van der Waals surface area contributed by atoms with Crippen molar-refractivity contribution in [2.75, 3.05) is 11.5 Å². The fourth-order valence-electron chi connectivity index (χ4n) is 3.04. The zero-order chi connectivity index (χ0) is 18.1. The van der Waals surface area contributed by atoms with Gasteiger partial charge in [-0.1, -0.05) is 24.3 Å². The van der Waals surface area contributed by atoms with E-state index in [1.807, 2.05) is 65.6 Å². The number of nitrogens with zero attached hydrogens (tertiary/aromatic N) is 3. The molecule has 0 aromatic heterocycles. The van der Waals surface area contributed by atoms with Crippen LogP contribution in [0.1, 0.15) is 0 Å². The summed E-state index contributed by atoms with van der Waals surface area (Å²) in [6.07, 6.45) is 0. The molecule has 0 saturated heterocycles. The van der Waals surface area contributed by atoms with Crippen LogP contribution in [0.2, 0.25) is 0 Å². The lowest BCUT2D eigenvalue weighted by atomic mass is 10.1. The number of ether oxygens (including phenoxy) is 1. The van der Waals surface area contributed by atoms with E-state index in [4.69, 9.17) is 9.84 Å². The number of carboxylic acids is 1. The molecule has 0 amide bonds. The van der Waals surface area contributed by atoms with Gasteiger partial charge in [0.15, 0.2) is 6.61 Å². The number of fused-ring (bicyclic) bond motifs is 2. The molecule has 0 unspecified atom stereocenters. The van der Waals surface area contributed by atoms with Crippen molar-refractivity contribution in [2.45, 2.75) is 0 Å². The van der Waals surface area contributed by atoms with Gasteiger partial charge in [-0.05, 0) is 36.4 Å². The molecular weight excluding hydrogens is 330 g/mol. The predicted molar refractivity (Wildman–Crippen MR) is 99.1 cm³/mol. The van der Waals surface area contributed by atoms with Crippen molar-refractivity contribution in [3.63, 3.8) is 0 Å². The van der Waals surface area contributed by atoms with Crippen LogP contribution in [0.25, 0.3) is 5.53 Å². The van der Waals surface area contributed by atoms with Crippen LogP contribution in [0.15, 0.2) is 72.8 Å². The highest BCUT2D eigenvalue weighted by atomic mass is 16.5. The van der Waals surface area contributed by atoms with E-state index >= 15 is 0 Å². The Hall–Kier alpha value is -3.67. The molecule has 3 aromatic carbocycles. The van der Waals surface area contributed by atoms with Crippen LogP contribution in [-0.4, -0.2) is 17.7 Å². The molecule has 1 heterocycles. The van der Waals surface area contributed by atoms with E-state index in [0.717, 1.165) is 17.1 Å². The van der Waals surface area contributed by atoms with Gasteiger partial charge >= 0.3 is 5.97 Å². The van der Waals surface area contributed by atoms with Gasteiger partial charge in [0.2, 0.25) is 11.4 Å². The lowest BCUT2D eigenvalue weighted by molar-refractivity contribution is -0.139. The highest BCUT2D eigenvalue weighted by Gasteiger charge is 2.30. The van der Waals surface area contributed by atoms with Gasteiger partial charge in [-0.3, -0.25) is 4.90 Å². The molecule has 3 aromatic rings. The van der Waals surface area contributed by atoms with Crippen molar-refractivity contribution in [3.05, 3.63) is 78.3 Å². The molecule has 0 atom stereocenters. The summed E-state index contributed by atoms with van der Waals surface area (Å²) in [6, 6.07) is 22.3. The third-order valence-electron chi connectivity index (χ3n) is 4.16. The summed E-state index contributed by atoms with van der Waals surface area (Å²) >= 11 is 0. The molecule has 0 fully saturated rings. The second-order valence-corrected chi connectivity index (χ2v) is 5.80. The van der Waals surface area contributed by atoms with Crippen LogP contribution in [0.4, 0.5) is 28.4 Å². The number of benzene rings is 3. The van der Waals surface area contributed by atoms with Crippen LogP contribution >= 0.6 is 0 Å². The third kappa shape index (κ3) is 2.67. The summed E-state index contributed by atoms with van der Waals surface area (Å²) in [4.78, 5) is 12.7. The number of carboxylic acid groups (broad SMARTS) is 1. The van der Waals surface area contributed by atoms with Crippen LogP contribution < -0.4 is 14.3 Å². The van der Waals surface area contributed by atoms with Gasteiger partial charge in [-0.2, -0.15) is 0 Å². The zero-order valence-corrected chi connectivity index (χ0v) is 13.7. The van der Waals surface area contributed by atoms with Gasteiger partial charge in [0.05, 0.1) is 0 Å². The third-order valence-corrected chi connectivity index (χ3v) is 4.16. The fourth-order valence-corrected chi connectivity index (χ4v) is 3.04. The highest BCUT2D eigenvalue weighted by molar-refractivity contribution is 5.93. The molecule has 4 rings (SSSR count). The normalized spacial score (nSPS) is 12.3. The molecule has 1 N–H and O–H groups in total. The summed E-state index contributed by atoms with van der Waals surface area (Å²) in [7, 11) is 0. The topological polar surface area (TPSA) is 75.1 Å². The van der Waals surface area contributed by atoms with Gasteiger partial charge in [0, 0.05) is 17.8 Å². The van der Waals surface area contributed by atoms with Gasteiger partial charge in [0.1, 0.15) is 17.1 Å². The van der Waals surface area contributed by atoms with E-state index < -0.39 is 5.97 Å². The molecular formula is C20H15N3O3. The average molecular weight is 345 g/mol. The van der Waals surface area contributed by atoms with Gasteiger partial charge in [0.25, 0.3) is 0 Å². The van der Waals surface area contributed by atoms with Crippen LogP contribution in [0.3, 0.4) is 0 Å². The molecule has 128 valence electrons. The summed E-state index contributed by atoms with van der Waals surface area (Å²) in [5, 5.41) is 8.72. The lowest BCUT2D eigenvalue weighted by Crippen LogP contribution is -2.19. The smallest absolute Gasteiger partial charge is 0.341 e. The van der Waals surface area contributed by atoms with Crippen LogP contribution in [-0.2, 0) is 4.79 Å². The highest BCUT2D eigenvalue weighted by Crippen LogP contribution is 2.49. The lowest BCUT2D eigenvalue weighted by Gasteiger charge is -2.31. The van der Waals surface area contributed by atoms with E-state index in [1.54, 1.807) is 12.1 Å². The Labute approximate surface area is 150 Å². The molecule has 1 aliphatic heterocycles. The molecule has 6 nitrogen and oxygen atoms in total. The quantitative estimate of drug-likeness (QED) is 0.540. The van der Waals surface area contributed by atoms with E-state index in [-0.39, 0.29) is 6.61 Å². The van der Waals surface area contributed by atoms with Crippen molar-refractivity contribution in [1.29, 1.82) is 0 Å². The van der Waals surface area contributed by atoms with E-state index in [0.29, 0.717) is 17.1 Å². The Morgan fingerprint density at radius 1 is 0.923 bits per heavy atom. The second-order valence-electron chi connectivity index (χ2n) is 5.80. The SMILES string of the molecule is [N-]=[N+]1c2ccccc2N(c2ccc(OCC(=O)O)cc2)c2ccccc21. The summed E-state index contributed by atoms with van der Waals surface area (Å²) < 4.78 is 6.39. The predicted octanol–water partition coefficient (Wildman–Crippen LogP) is 4.79. The maximum Gasteiger partial charge on any atom is 0.341 e. The summed E-state index contributed by atoms with van der Waals surface area (Å²) in [6.45, 7) is -0.381. The van der Waals surface area contributed by atoms with Crippen LogP contribution in [0, 0.1) is 0 Å². The maximum atomic E-state index is 10.6. The minimum Gasteiger partial charge on any atom is -0.493 e. The molecule has 0 bridgehead atoms. The first-order chi connectivity index (χ1) is 12.6. The molecule has 0 spiro atoms. The van der Waals surface area contributed by atoms with Gasteiger partial charge in [-0.25, -0.2) is 9.49 Å². The van der Waals surface area contributed by atoms with E-state index in [9.17, 15) is 10.3 Å². The van der Waals surface area contributed by atoms with Crippen molar-refractivity contribution in [2.24, 2.45) is 0 Å². The fraction of sp³-hybridized carbons (Fsp3) is 0.0500. The molecule has 1 aliphatic rings. The standard InChI is InChI=1S/C20H15N3O3/c21-23-18-7-3-1-5-16(18)22(17-6-2-4-8-19(17)23)14-9-11-15(12-10-14)26-13-20(24)25/h1-12H,13H2,(H,24,25). The Morgan fingerprint density at radius 3 is 2.00 bits per heavy atom. The number of hydrogen-bond donors (Lipinski definition) is 1. The maximum absolute atomic E-state index is 10.6. The Kier molecular flexibility index (Phi) is 3.85. The van der Waals surface area contributed by atoms with Gasteiger partial charge < -0.3 is 15.4 Å². The van der Waals surface area contributed by atoms with Gasteiger partial charge in [-0.15, -0.1) is 0 Å². The number of rotatable bonds is 4. The largest absolute Gasteiger partial charge is 0.493 e. The van der Waals surface area contributed by atoms with E-state index in [2.05, 4.69) is 0 Å². The molecule has 0 saturated carbocycles.